The van der Waals surface area contributed by atoms with Crippen LogP contribution < -0.4 is 5.32 Å². The van der Waals surface area contributed by atoms with Crippen molar-refractivity contribution in [1.29, 1.82) is 0 Å². The number of hydrogen-bond donors (Lipinski definition) is 1. The number of benzene rings is 2. The van der Waals surface area contributed by atoms with E-state index in [2.05, 4.69) is 21.3 Å². The average molecular weight is 404 g/mol. The molecule has 0 radical (unpaired) electrons. The molecule has 3 aromatic rings. The molecule has 1 N–H and O–H groups in total. The summed E-state index contributed by atoms with van der Waals surface area (Å²) >= 11 is 0. The van der Waals surface area contributed by atoms with Gasteiger partial charge < -0.3 is 5.32 Å². The lowest BCUT2D eigenvalue weighted by atomic mass is 9.94. The minimum atomic E-state index is -0.768. The van der Waals surface area contributed by atoms with E-state index in [1.54, 1.807) is 0 Å². The molecule has 0 bridgehead atoms. The molecule has 30 heavy (non-hydrogen) atoms. The van der Waals surface area contributed by atoms with Crippen LogP contribution in [0.1, 0.15) is 36.4 Å². The first kappa shape index (κ1) is 19.2. The van der Waals surface area contributed by atoms with Crippen molar-refractivity contribution in [2.45, 2.75) is 36.9 Å². The second-order valence-corrected chi connectivity index (χ2v) is 8.58. The van der Waals surface area contributed by atoms with E-state index in [0.717, 1.165) is 41.4 Å². The van der Waals surface area contributed by atoms with Crippen molar-refractivity contribution in [2.75, 3.05) is 19.6 Å². The van der Waals surface area contributed by atoms with Gasteiger partial charge >= 0.3 is 0 Å². The molecule has 1 saturated heterocycles. The molecule has 5 rings (SSSR count). The van der Waals surface area contributed by atoms with Crippen molar-refractivity contribution in [2.24, 2.45) is 0 Å². The Morgan fingerprint density at radius 3 is 2.67 bits per heavy atom. The zero-order valence-corrected chi connectivity index (χ0v) is 16.9. The third-order valence-corrected chi connectivity index (χ3v) is 6.49. The Labute approximate surface area is 176 Å². The van der Waals surface area contributed by atoms with Crippen molar-refractivity contribution in [3.05, 3.63) is 78.0 Å². The van der Waals surface area contributed by atoms with Gasteiger partial charge in [-0.05, 0) is 42.5 Å². The number of carbonyl (C=O) groups is 1. The van der Waals surface area contributed by atoms with Crippen LogP contribution >= 0.6 is 0 Å². The summed E-state index contributed by atoms with van der Waals surface area (Å²) in [6.45, 7) is 1.81. The maximum absolute atomic E-state index is 13.7. The molecule has 1 aliphatic heterocycles. The van der Waals surface area contributed by atoms with Gasteiger partial charge in [-0.2, -0.15) is 0 Å². The molecule has 154 valence electrons. The second kappa shape index (κ2) is 7.80. The zero-order valence-electron chi connectivity index (χ0n) is 16.9. The van der Waals surface area contributed by atoms with Gasteiger partial charge in [0.25, 0.3) is 0 Å². The van der Waals surface area contributed by atoms with E-state index in [9.17, 15) is 9.18 Å². The summed E-state index contributed by atoms with van der Waals surface area (Å²) in [7, 11) is 0. The maximum Gasteiger partial charge on any atom is 0.231 e. The maximum atomic E-state index is 13.7. The summed E-state index contributed by atoms with van der Waals surface area (Å²) in [5.74, 6) is 0.0458. The van der Waals surface area contributed by atoms with Gasteiger partial charge in [0.05, 0.1) is 17.0 Å². The lowest BCUT2D eigenvalue weighted by Crippen LogP contribution is -2.42. The van der Waals surface area contributed by atoms with Gasteiger partial charge in [0, 0.05) is 31.2 Å². The summed E-state index contributed by atoms with van der Waals surface area (Å²) in [6.07, 6.45) is 3.31. The standard InChI is InChI=1S/C25H26FN3O/c26-21-10-13-29(16-21)17-23(18-6-2-1-3-7-18)28-24(30)25(11-12-25)20-14-19-8-4-5-9-22(19)27-15-20/h1-9,14-15,21,23H,10-13,16-17H2,(H,28,30). The number of hydrogen-bond acceptors (Lipinski definition) is 3. The van der Waals surface area contributed by atoms with E-state index >= 15 is 0 Å². The van der Waals surface area contributed by atoms with Crippen LogP contribution in [0.3, 0.4) is 0 Å². The second-order valence-electron chi connectivity index (χ2n) is 8.58. The topological polar surface area (TPSA) is 45.2 Å². The van der Waals surface area contributed by atoms with Crippen molar-refractivity contribution >= 4 is 16.8 Å². The first-order valence-corrected chi connectivity index (χ1v) is 10.7. The van der Waals surface area contributed by atoms with Crippen LogP contribution in [-0.4, -0.2) is 41.6 Å². The molecule has 2 aromatic carbocycles. The van der Waals surface area contributed by atoms with E-state index < -0.39 is 11.6 Å². The molecule has 2 heterocycles. The van der Waals surface area contributed by atoms with Gasteiger partial charge in [0.15, 0.2) is 0 Å². The van der Waals surface area contributed by atoms with Gasteiger partial charge in [-0.3, -0.25) is 14.7 Å². The van der Waals surface area contributed by atoms with Gasteiger partial charge in [-0.15, -0.1) is 0 Å². The average Bonchev–Trinajstić information content (AvgIpc) is 3.50. The first-order valence-electron chi connectivity index (χ1n) is 10.7. The summed E-state index contributed by atoms with van der Waals surface area (Å²) in [6, 6.07) is 19.9. The molecule has 2 atom stereocenters. The smallest absolute Gasteiger partial charge is 0.231 e. The van der Waals surface area contributed by atoms with Gasteiger partial charge in [-0.1, -0.05) is 48.5 Å². The van der Waals surface area contributed by atoms with Crippen LogP contribution in [0.15, 0.2) is 66.9 Å². The predicted octanol–water partition coefficient (Wildman–Crippen LogP) is 4.17. The largest absolute Gasteiger partial charge is 0.347 e. The number of nitrogens with zero attached hydrogens (tertiary/aromatic N) is 2. The summed E-state index contributed by atoms with van der Waals surface area (Å²) in [4.78, 5) is 20.1. The minimum Gasteiger partial charge on any atom is -0.347 e. The number of aromatic nitrogens is 1. The fourth-order valence-electron chi connectivity index (χ4n) is 4.53. The monoisotopic (exact) mass is 403 g/mol. The van der Waals surface area contributed by atoms with E-state index in [4.69, 9.17) is 0 Å². The van der Waals surface area contributed by atoms with Gasteiger partial charge in [0.2, 0.25) is 5.91 Å². The normalized spacial score (nSPS) is 21.4. The number of amides is 1. The number of para-hydroxylation sites is 1. The van der Waals surface area contributed by atoms with Crippen molar-refractivity contribution < 1.29 is 9.18 Å². The number of likely N-dealkylation sites (tertiary alicyclic amines) is 1. The van der Waals surface area contributed by atoms with Crippen LogP contribution in [0, 0.1) is 0 Å². The molecule has 5 heteroatoms. The fraction of sp³-hybridized carbons (Fsp3) is 0.360. The van der Waals surface area contributed by atoms with Crippen LogP contribution in [0.2, 0.25) is 0 Å². The van der Waals surface area contributed by atoms with Crippen LogP contribution in [-0.2, 0) is 10.2 Å². The summed E-state index contributed by atoms with van der Waals surface area (Å²) < 4.78 is 13.7. The van der Waals surface area contributed by atoms with Crippen molar-refractivity contribution in [3.8, 4) is 0 Å². The molecular weight excluding hydrogens is 377 g/mol. The lowest BCUT2D eigenvalue weighted by Gasteiger charge is -2.27. The van der Waals surface area contributed by atoms with E-state index in [1.807, 2.05) is 60.8 Å². The molecule has 4 nitrogen and oxygen atoms in total. The Morgan fingerprint density at radius 1 is 1.17 bits per heavy atom. The molecule has 1 aliphatic carbocycles. The number of nitrogens with one attached hydrogen (secondary N) is 1. The molecule has 1 saturated carbocycles. The van der Waals surface area contributed by atoms with Crippen LogP contribution in [0.5, 0.6) is 0 Å². The molecule has 0 spiro atoms. The summed E-state index contributed by atoms with van der Waals surface area (Å²) in [5.41, 5.74) is 2.48. The SMILES string of the molecule is O=C(NC(CN1CCC(F)C1)c1ccccc1)C1(c2cnc3ccccc3c2)CC1. The Kier molecular flexibility index (Phi) is 4.99. The van der Waals surface area contributed by atoms with Crippen LogP contribution in [0.4, 0.5) is 4.39 Å². The molecule has 1 aromatic heterocycles. The third-order valence-electron chi connectivity index (χ3n) is 6.49. The van der Waals surface area contributed by atoms with Gasteiger partial charge in [-0.25, -0.2) is 4.39 Å². The lowest BCUT2D eigenvalue weighted by molar-refractivity contribution is -0.124. The number of carbonyl (C=O) groups excluding carboxylic acids is 1. The highest BCUT2D eigenvalue weighted by Gasteiger charge is 2.52. The Bertz CT molecular complexity index is 1050. The quantitative estimate of drug-likeness (QED) is 0.672. The van der Waals surface area contributed by atoms with E-state index in [1.165, 1.54) is 0 Å². The zero-order chi connectivity index (χ0) is 20.6. The van der Waals surface area contributed by atoms with E-state index in [0.29, 0.717) is 19.5 Å². The Hall–Kier alpha value is -2.79. The number of alkyl halides is 1. The molecule has 2 unspecified atom stereocenters. The molecule has 1 amide bonds. The van der Waals surface area contributed by atoms with Crippen LogP contribution in [0.25, 0.3) is 10.9 Å². The van der Waals surface area contributed by atoms with E-state index in [-0.39, 0.29) is 11.9 Å². The Morgan fingerprint density at radius 2 is 1.93 bits per heavy atom. The number of rotatable bonds is 6. The number of pyridine rings is 1. The highest BCUT2D eigenvalue weighted by molar-refractivity contribution is 5.93. The third kappa shape index (κ3) is 3.70. The fourth-order valence-corrected chi connectivity index (χ4v) is 4.53. The first-order chi connectivity index (χ1) is 14.6. The van der Waals surface area contributed by atoms with Crippen molar-refractivity contribution in [1.82, 2.24) is 15.2 Å². The van der Waals surface area contributed by atoms with Gasteiger partial charge in [0.1, 0.15) is 6.17 Å². The highest BCUT2D eigenvalue weighted by Crippen LogP contribution is 2.49. The molecule has 2 fully saturated rings. The summed E-state index contributed by atoms with van der Waals surface area (Å²) in [5, 5.41) is 4.35. The predicted molar refractivity (Wildman–Crippen MR) is 116 cm³/mol. The molecular formula is C25H26FN3O. The highest BCUT2D eigenvalue weighted by atomic mass is 19.1. The number of fused-ring (bicyclic) bond motifs is 1. The minimum absolute atomic E-state index is 0.0458. The number of halogens is 1. The molecule has 2 aliphatic rings. The Balaban J connectivity index is 1.39. The van der Waals surface area contributed by atoms with Crippen molar-refractivity contribution in [3.63, 3.8) is 0 Å².